The molecular weight excluding hydrogens is 260 g/mol. The second-order valence-corrected chi connectivity index (χ2v) is 5.62. The third-order valence-corrected chi connectivity index (χ3v) is 3.82. The van der Waals surface area contributed by atoms with E-state index in [2.05, 4.69) is 28.8 Å². The molecule has 0 bridgehead atoms. The average Bonchev–Trinajstić information content (AvgIpc) is 2.47. The van der Waals surface area contributed by atoms with Crippen molar-refractivity contribution in [2.24, 2.45) is 0 Å². The molecule has 0 atom stereocenters. The molecule has 2 aromatic rings. The van der Waals surface area contributed by atoms with Gasteiger partial charge in [0.15, 0.2) is 0 Å². The van der Waals surface area contributed by atoms with Crippen molar-refractivity contribution in [1.82, 2.24) is 5.32 Å². The third-order valence-electron chi connectivity index (χ3n) is 3.82. The monoisotopic (exact) mass is 280 g/mol. The molecule has 0 aromatic heterocycles. The fourth-order valence-electron chi connectivity index (χ4n) is 2.77. The summed E-state index contributed by atoms with van der Waals surface area (Å²) in [7, 11) is 0. The van der Waals surface area contributed by atoms with Crippen molar-refractivity contribution in [3.05, 3.63) is 64.7 Å². The number of carbonyl (C=O) groups is 1. The number of benzene rings is 2. The quantitative estimate of drug-likeness (QED) is 0.907. The number of rotatable bonds is 3. The van der Waals surface area contributed by atoms with E-state index < -0.39 is 0 Å². The summed E-state index contributed by atoms with van der Waals surface area (Å²) in [6.45, 7) is 3.96. The van der Waals surface area contributed by atoms with Crippen molar-refractivity contribution in [2.75, 3.05) is 11.9 Å². The van der Waals surface area contributed by atoms with Gasteiger partial charge in [0.2, 0.25) is 5.91 Å². The van der Waals surface area contributed by atoms with E-state index in [9.17, 15) is 4.79 Å². The van der Waals surface area contributed by atoms with Crippen LogP contribution in [0.5, 0.6) is 0 Å². The first kappa shape index (κ1) is 13.8. The summed E-state index contributed by atoms with van der Waals surface area (Å²) in [6, 6.07) is 14.3. The zero-order valence-corrected chi connectivity index (χ0v) is 12.3. The van der Waals surface area contributed by atoms with Crippen LogP contribution in [0.25, 0.3) is 0 Å². The minimum Gasteiger partial charge on any atom is -0.326 e. The molecule has 2 N–H and O–H groups in total. The number of aryl methyl sites for hydroxylation is 1. The van der Waals surface area contributed by atoms with Gasteiger partial charge in [0.1, 0.15) is 0 Å². The second-order valence-electron chi connectivity index (χ2n) is 5.62. The maximum Gasteiger partial charge on any atom is 0.228 e. The third kappa shape index (κ3) is 3.50. The molecule has 0 fully saturated rings. The number of hydrogen-bond acceptors (Lipinski definition) is 2. The van der Waals surface area contributed by atoms with Crippen molar-refractivity contribution in [3.63, 3.8) is 0 Å². The van der Waals surface area contributed by atoms with Crippen molar-refractivity contribution in [3.8, 4) is 0 Å². The van der Waals surface area contributed by atoms with Crippen LogP contribution in [-0.4, -0.2) is 12.5 Å². The van der Waals surface area contributed by atoms with Gasteiger partial charge in [-0.15, -0.1) is 0 Å². The molecule has 0 unspecified atom stereocenters. The van der Waals surface area contributed by atoms with E-state index in [1.165, 1.54) is 16.7 Å². The van der Waals surface area contributed by atoms with Crippen LogP contribution in [0.4, 0.5) is 5.69 Å². The highest BCUT2D eigenvalue weighted by Gasteiger charge is 2.10. The Morgan fingerprint density at radius 2 is 2.10 bits per heavy atom. The SMILES string of the molecule is Cc1cccc(CC(=O)Nc2ccc3c(c2)CNCC3)c1. The van der Waals surface area contributed by atoms with Crippen LogP contribution in [0.1, 0.15) is 22.3 Å². The number of anilines is 1. The van der Waals surface area contributed by atoms with E-state index in [1.807, 2.05) is 31.2 Å². The summed E-state index contributed by atoms with van der Waals surface area (Å²) >= 11 is 0. The first-order chi connectivity index (χ1) is 10.2. The minimum atomic E-state index is 0.0318. The Labute approximate surface area is 125 Å². The molecule has 0 aliphatic carbocycles. The Kier molecular flexibility index (Phi) is 4.02. The van der Waals surface area contributed by atoms with Gasteiger partial charge in [-0.2, -0.15) is 0 Å². The highest BCUT2D eigenvalue weighted by Crippen LogP contribution is 2.19. The molecule has 0 spiro atoms. The zero-order chi connectivity index (χ0) is 14.7. The fourth-order valence-corrected chi connectivity index (χ4v) is 2.77. The molecule has 108 valence electrons. The van der Waals surface area contributed by atoms with E-state index in [1.54, 1.807) is 0 Å². The number of nitrogens with one attached hydrogen (secondary N) is 2. The predicted octanol–water partition coefficient (Wildman–Crippen LogP) is 2.82. The van der Waals surface area contributed by atoms with Gasteiger partial charge in [-0.1, -0.05) is 35.9 Å². The van der Waals surface area contributed by atoms with Gasteiger partial charge in [0.05, 0.1) is 6.42 Å². The first-order valence-corrected chi connectivity index (χ1v) is 7.38. The number of amides is 1. The first-order valence-electron chi connectivity index (χ1n) is 7.38. The number of hydrogen-bond donors (Lipinski definition) is 2. The van der Waals surface area contributed by atoms with Gasteiger partial charge in [-0.25, -0.2) is 0 Å². The van der Waals surface area contributed by atoms with Gasteiger partial charge in [0.25, 0.3) is 0 Å². The van der Waals surface area contributed by atoms with Crippen molar-refractivity contribution in [1.29, 1.82) is 0 Å². The van der Waals surface area contributed by atoms with Crippen LogP contribution in [0.15, 0.2) is 42.5 Å². The van der Waals surface area contributed by atoms with Gasteiger partial charge in [-0.3, -0.25) is 4.79 Å². The van der Waals surface area contributed by atoms with E-state index in [4.69, 9.17) is 0 Å². The molecule has 0 radical (unpaired) electrons. The van der Waals surface area contributed by atoms with E-state index in [0.717, 1.165) is 30.8 Å². The molecule has 3 rings (SSSR count). The molecule has 1 aliphatic rings. The highest BCUT2D eigenvalue weighted by atomic mass is 16.1. The van der Waals surface area contributed by atoms with Crippen molar-refractivity contribution >= 4 is 11.6 Å². The van der Waals surface area contributed by atoms with Gasteiger partial charge < -0.3 is 10.6 Å². The maximum atomic E-state index is 12.1. The molecule has 0 saturated carbocycles. The Balaban J connectivity index is 1.67. The summed E-state index contributed by atoms with van der Waals surface area (Å²) < 4.78 is 0. The predicted molar refractivity (Wildman–Crippen MR) is 85.4 cm³/mol. The molecule has 0 saturated heterocycles. The van der Waals surface area contributed by atoms with E-state index in [0.29, 0.717) is 6.42 Å². The van der Waals surface area contributed by atoms with Crippen LogP contribution in [0.2, 0.25) is 0 Å². The summed E-state index contributed by atoms with van der Waals surface area (Å²) in [4.78, 5) is 12.1. The largest absolute Gasteiger partial charge is 0.326 e. The topological polar surface area (TPSA) is 41.1 Å². The molecule has 1 amide bonds. The summed E-state index contributed by atoms with van der Waals surface area (Å²) in [5.41, 5.74) is 5.78. The van der Waals surface area contributed by atoms with Gasteiger partial charge in [-0.05, 0) is 48.7 Å². The average molecular weight is 280 g/mol. The molecule has 2 aromatic carbocycles. The van der Waals surface area contributed by atoms with E-state index in [-0.39, 0.29) is 5.91 Å². The minimum absolute atomic E-state index is 0.0318. The standard InChI is InChI=1S/C18H20N2O/c1-13-3-2-4-14(9-13)10-18(21)20-17-6-5-15-7-8-19-12-16(15)11-17/h2-6,9,11,19H,7-8,10,12H2,1H3,(H,20,21). The molecular formula is C18H20N2O. The van der Waals surface area contributed by atoms with Crippen LogP contribution >= 0.6 is 0 Å². The smallest absolute Gasteiger partial charge is 0.228 e. The Hall–Kier alpha value is -2.13. The maximum absolute atomic E-state index is 12.1. The van der Waals surface area contributed by atoms with Gasteiger partial charge >= 0.3 is 0 Å². The lowest BCUT2D eigenvalue weighted by molar-refractivity contribution is -0.115. The lowest BCUT2D eigenvalue weighted by atomic mass is 10.0. The number of fused-ring (bicyclic) bond motifs is 1. The zero-order valence-electron chi connectivity index (χ0n) is 12.3. The molecule has 1 heterocycles. The molecule has 3 nitrogen and oxygen atoms in total. The van der Waals surface area contributed by atoms with Crippen LogP contribution < -0.4 is 10.6 Å². The Bertz CT molecular complexity index is 664. The fraction of sp³-hybridized carbons (Fsp3) is 0.278. The van der Waals surface area contributed by atoms with Gasteiger partial charge in [0, 0.05) is 12.2 Å². The summed E-state index contributed by atoms with van der Waals surface area (Å²) in [5.74, 6) is 0.0318. The second kappa shape index (κ2) is 6.10. The summed E-state index contributed by atoms with van der Waals surface area (Å²) in [5, 5.41) is 6.35. The highest BCUT2D eigenvalue weighted by molar-refractivity contribution is 5.92. The van der Waals surface area contributed by atoms with E-state index >= 15 is 0 Å². The van der Waals surface area contributed by atoms with Crippen molar-refractivity contribution < 1.29 is 4.79 Å². The molecule has 1 aliphatic heterocycles. The Morgan fingerprint density at radius 1 is 1.19 bits per heavy atom. The van der Waals surface area contributed by atoms with Crippen LogP contribution in [0, 0.1) is 6.92 Å². The van der Waals surface area contributed by atoms with Crippen LogP contribution in [0.3, 0.4) is 0 Å². The molecule has 3 heteroatoms. The van der Waals surface area contributed by atoms with Crippen molar-refractivity contribution in [2.45, 2.75) is 26.3 Å². The van der Waals surface area contributed by atoms with Crippen LogP contribution in [-0.2, 0) is 24.2 Å². The Morgan fingerprint density at radius 3 is 2.95 bits per heavy atom. The number of carbonyl (C=O) groups excluding carboxylic acids is 1. The lowest BCUT2D eigenvalue weighted by Gasteiger charge is -2.18. The normalized spacial score (nSPS) is 13.6. The lowest BCUT2D eigenvalue weighted by Crippen LogP contribution is -2.24. The summed E-state index contributed by atoms with van der Waals surface area (Å²) in [6.07, 6.45) is 1.48. The molecule has 21 heavy (non-hydrogen) atoms.